The minimum Gasteiger partial charge on any atom is -0.345 e. The molecule has 37 heavy (non-hydrogen) atoms. The van der Waals surface area contributed by atoms with Gasteiger partial charge in [0.25, 0.3) is 5.91 Å². The molecule has 0 saturated carbocycles. The third-order valence-corrected chi connectivity index (χ3v) is 8.47. The molecule has 0 aliphatic rings. The van der Waals surface area contributed by atoms with Crippen molar-refractivity contribution in [2.75, 3.05) is 25.2 Å². The van der Waals surface area contributed by atoms with Crippen molar-refractivity contribution in [3.8, 4) is 5.69 Å². The zero-order valence-corrected chi connectivity index (χ0v) is 22.3. The zero-order chi connectivity index (χ0) is 26.4. The fourth-order valence-electron chi connectivity index (χ4n) is 3.17. The number of para-hydroxylation sites is 1. The summed E-state index contributed by atoms with van der Waals surface area (Å²) < 4.78 is 27.4. The molecule has 4 aromatic rings. The van der Waals surface area contributed by atoms with E-state index in [0.717, 1.165) is 9.99 Å². The first-order valence-electron chi connectivity index (χ1n) is 10.9. The highest BCUT2D eigenvalue weighted by atomic mass is 32.2. The zero-order valence-electron chi connectivity index (χ0n) is 19.9. The first-order valence-corrected chi connectivity index (χ1v) is 14.2. The molecule has 0 fully saturated rings. The van der Waals surface area contributed by atoms with Crippen LogP contribution in [0.1, 0.15) is 16.2 Å². The molecule has 0 atom stereocenters. The SMILES string of the molecule is CN(C)S(=O)(=O)c1ccc(C(=O)NCc2nnc(SCC(=O)Nc3nccs3)n2-c2ccccc2)cc1. The molecular formula is C23H23N7O4S3. The van der Waals surface area contributed by atoms with Crippen LogP contribution >= 0.6 is 23.1 Å². The second-order valence-corrected chi connectivity index (χ2v) is 11.7. The molecule has 2 N–H and O–H groups in total. The summed E-state index contributed by atoms with van der Waals surface area (Å²) in [4.78, 5) is 29.2. The van der Waals surface area contributed by atoms with Crippen molar-refractivity contribution in [3.63, 3.8) is 0 Å². The maximum atomic E-state index is 12.7. The number of aromatic nitrogens is 4. The molecule has 0 aliphatic carbocycles. The number of sulfonamides is 1. The standard InChI is InChI=1S/C23H23N7O4S3/c1-29(2)37(33,34)18-10-8-16(9-11-18)21(32)25-14-19-27-28-23(30(19)17-6-4-3-5-7-17)36-15-20(31)26-22-24-12-13-35-22/h3-13H,14-15H2,1-2H3,(H,25,32)(H,24,26,31). The number of benzene rings is 2. The number of carbonyl (C=O) groups excluding carboxylic acids is 2. The van der Waals surface area contributed by atoms with Crippen LogP contribution in [-0.4, -0.2) is 64.1 Å². The molecule has 2 aromatic heterocycles. The largest absolute Gasteiger partial charge is 0.345 e. The van der Waals surface area contributed by atoms with E-state index in [1.807, 2.05) is 30.3 Å². The molecule has 14 heteroatoms. The number of anilines is 1. The van der Waals surface area contributed by atoms with Crippen molar-refractivity contribution < 1.29 is 18.0 Å². The van der Waals surface area contributed by atoms with Crippen LogP contribution in [0.15, 0.2) is 76.2 Å². The Labute approximate surface area is 222 Å². The highest BCUT2D eigenvalue weighted by Gasteiger charge is 2.19. The number of nitrogens with zero attached hydrogens (tertiary/aromatic N) is 5. The van der Waals surface area contributed by atoms with E-state index in [1.54, 1.807) is 16.1 Å². The lowest BCUT2D eigenvalue weighted by Gasteiger charge is -2.12. The molecule has 4 rings (SSSR count). The molecule has 2 heterocycles. The smallest absolute Gasteiger partial charge is 0.251 e. The van der Waals surface area contributed by atoms with Crippen LogP contribution in [0.5, 0.6) is 0 Å². The van der Waals surface area contributed by atoms with Crippen LogP contribution in [0.25, 0.3) is 5.69 Å². The van der Waals surface area contributed by atoms with Crippen LogP contribution in [0.2, 0.25) is 0 Å². The fraction of sp³-hybridized carbons (Fsp3) is 0.174. The summed E-state index contributed by atoms with van der Waals surface area (Å²) in [7, 11) is -0.702. The Balaban J connectivity index is 1.47. The highest BCUT2D eigenvalue weighted by molar-refractivity contribution is 7.99. The third kappa shape index (κ3) is 6.40. The summed E-state index contributed by atoms with van der Waals surface area (Å²) in [5.41, 5.74) is 1.08. The van der Waals surface area contributed by atoms with Gasteiger partial charge in [-0.15, -0.1) is 21.5 Å². The van der Waals surface area contributed by atoms with Crippen LogP contribution in [0.3, 0.4) is 0 Å². The van der Waals surface area contributed by atoms with Crippen molar-refractivity contribution >= 4 is 50.1 Å². The molecule has 0 bridgehead atoms. The lowest BCUT2D eigenvalue weighted by molar-refractivity contribution is -0.113. The van der Waals surface area contributed by atoms with Gasteiger partial charge in [0.2, 0.25) is 15.9 Å². The Morgan fingerprint density at radius 3 is 2.43 bits per heavy atom. The quantitative estimate of drug-likeness (QED) is 0.284. The van der Waals surface area contributed by atoms with Gasteiger partial charge in [0.1, 0.15) is 0 Å². The number of nitrogens with one attached hydrogen (secondary N) is 2. The second-order valence-electron chi connectivity index (χ2n) is 7.74. The van der Waals surface area contributed by atoms with Gasteiger partial charge in [0, 0.05) is 36.9 Å². The van der Waals surface area contributed by atoms with E-state index in [1.165, 1.54) is 61.5 Å². The first-order chi connectivity index (χ1) is 17.8. The lowest BCUT2D eigenvalue weighted by Crippen LogP contribution is -2.25. The molecule has 192 valence electrons. The molecular weight excluding hydrogens is 534 g/mol. The predicted molar refractivity (Wildman–Crippen MR) is 141 cm³/mol. The Morgan fingerprint density at radius 1 is 1.05 bits per heavy atom. The minimum absolute atomic E-state index is 0.0599. The van der Waals surface area contributed by atoms with Gasteiger partial charge >= 0.3 is 0 Å². The first kappa shape index (κ1) is 26.5. The molecule has 2 aromatic carbocycles. The maximum absolute atomic E-state index is 12.7. The highest BCUT2D eigenvalue weighted by Crippen LogP contribution is 2.23. The number of thioether (sulfide) groups is 1. The number of thiazole rings is 1. The van der Waals surface area contributed by atoms with E-state index >= 15 is 0 Å². The van der Waals surface area contributed by atoms with Crippen LogP contribution in [0.4, 0.5) is 5.13 Å². The van der Waals surface area contributed by atoms with E-state index in [2.05, 4.69) is 25.8 Å². The summed E-state index contributed by atoms with van der Waals surface area (Å²) >= 11 is 2.54. The minimum atomic E-state index is -3.59. The normalized spacial score (nSPS) is 11.4. The monoisotopic (exact) mass is 557 g/mol. The Bertz CT molecular complexity index is 1470. The van der Waals surface area contributed by atoms with Crippen molar-refractivity contribution in [1.82, 2.24) is 29.4 Å². The van der Waals surface area contributed by atoms with Gasteiger partial charge < -0.3 is 10.6 Å². The van der Waals surface area contributed by atoms with Crippen LogP contribution in [-0.2, 0) is 21.4 Å². The van der Waals surface area contributed by atoms with Gasteiger partial charge in [-0.05, 0) is 36.4 Å². The van der Waals surface area contributed by atoms with Gasteiger partial charge in [0.15, 0.2) is 16.1 Å². The van der Waals surface area contributed by atoms with Crippen LogP contribution < -0.4 is 10.6 Å². The molecule has 0 aliphatic heterocycles. The average Bonchev–Trinajstić information content (AvgIpc) is 3.56. The number of carbonyl (C=O) groups is 2. The molecule has 0 radical (unpaired) electrons. The fourth-order valence-corrected chi connectivity index (χ4v) is 5.38. The van der Waals surface area contributed by atoms with Gasteiger partial charge in [0.05, 0.1) is 17.2 Å². The number of hydrogen-bond donors (Lipinski definition) is 2. The van der Waals surface area contributed by atoms with Crippen molar-refractivity contribution in [2.45, 2.75) is 16.6 Å². The Kier molecular flexibility index (Phi) is 8.33. The molecule has 0 saturated heterocycles. The summed E-state index contributed by atoms with van der Waals surface area (Å²) in [5.74, 6) is -0.0566. The van der Waals surface area contributed by atoms with E-state index in [-0.39, 0.29) is 23.1 Å². The summed E-state index contributed by atoms with van der Waals surface area (Å²) in [6.07, 6.45) is 1.61. The summed E-state index contributed by atoms with van der Waals surface area (Å²) in [6, 6.07) is 15.0. The number of rotatable bonds is 10. The number of amides is 2. The van der Waals surface area contributed by atoms with Gasteiger partial charge in [-0.1, -0.05) is 30.0 Å². The Hall–Kier alpha value is -3.59. The average molecular weight is 558 g/mol. The summed E-state index contributed by atoms with van der Waals surface area (Å²) in [6.45, 7) is 0.0599. The van der Waals surface area contributed by atoms with Gasteiger partial charge in [-0.25, -0.2) is 17.7 Å². The van der Waals surface area contributed by atoms with Gasteiger partial charge in [-0.2, -0.15) is 0 Å². The molecule has 0 unspecified atom stereocenters. The van der Waals surface area contributed by atoms with E-state index in [9.17, 15) is 18.0 Å². The summed E-state index contributed by atoms with van der Waals surface area (Å²) in [5, 5.41) is 16.8. The Morgan fingerprint density at radius 2 is 1.78 bits per heavy atom. The van der Waals surface area contributed by atoms with Crippen molar-refractivity contribution in [2.24, 2.45) is 0 Å². The van der Waals surface area contributed by atoms with Gasteiger partial charge in [-0.3, -0.25) is 14.2 Å². The van der Waals surface area contributed by atoms with Crippen molar-refractivity contribution in [1.29, 1.82) is 0 Å². The molecule has 0 spiro atoms. The molecule has 11 nitrogen and oxygen atoms in total. The molecule has 2 amide bonds. The van der Waals surface area contributed by atoms with Crippen LogP contribution in [0, 0.1) is 0 Å². The van der Waals surface area contributed by atoms with E-state index in [4.69, 9.17) is 0 Å². The maximum Gasteiger partial charge on any atom is 0.251 e. The lowest BCUT2D eigenvalue weighted by atomic mass is 10.2. The third-order valence-electron chi connectivity index (χ3n) is 5.03. The topological polar surface area (TPSA) is 139 Å². The second kappa shape index (κ2) is 11.6. The van der Waals surface area contributed by atoms with Crippen molar-refractivity contribution in [3.05, 3.63) is 77.6 Å². The van der Waals surface area contributed by atoms with E-state index in [0.29, 0.717) is 21.7 Å². The van der Waals surface area contributed by atoms with E-state index < -0.39 is 15.9 Å². The predicted octanol–water partition coefficient (Wildman–Crippen LogP) is 2.63. The number of hydrogen-bond acceptors (Lipinski definition) is 9.